The third-order valence-corrected chi connectivity index (χ3v) is 4.45. The van der Waals surface area contributed by atoms with Crippen molar-refractivity contribution in [3.63, 3.8) is 0 Å². The Bertz CT molecular complexity index is 525. The van der Waals surface area contributed by atoms with Crippen LogP contribution in [0.4, 0.5) is 5.00 Å². The normalized spacial score (nSPS) is 15.8. The molecule has 1 aliphatic heterocycles. The molecule has 0 saturated heterocycles. The summed E-state index contributed by atoms with van der Waals surface area (Å²) in [5.74, 6) is 0. The monoisotopic (exact) mass is 274 g/mol. The summed E-state index contributed by atoms with van der Waals surface area (Å²) >= 11 is 1.43. The van der Waals surface area contributed by atoms with E-state index in [2.05, 4.69) is 44.1 Å². The van der Waals surface area contributed by atoms with E-state index in [-0.39, 0.29) is 0 Å². The lowest BCUT2D eigenvalue weighted by Crippen LogP contribution is -2.26. The van der Waals surface area contributed by atoms with Crippen molar-refractivity contribution in [2.45, 2.75) is 19.4 Å². The number of hydrogen-bond donors (Lipinski definition) is 1. The number of hydrogen-bond acceptors (Lipinski definition) is 5. The molecule has 0 atom stereocenters. The maximum Gasteiger partial charge on any atom is 0.134 e. The Labute approximate surface area is 117 Å². The number of rotatable bonds is 3. The second-order valence-corrected chi connectivity index (χ2v) is 5.60. The van der Waals surface area contributed by atoms with Crippen LogP contribution in [-0.2, 0) is 19.4 Å². The summed E-state index contributed by atoms with van der Waals surface area (Å²) in [6.07, 6.45) is 2.26. The van der Waals surface area contributed by atoms with Crippen molar-refractivity contribution in [3.05, 3.63) is 41.1 Å². The third kappa shape index (κ3) is 2.77. The SMILES string of the molecule is CNc1snnc1CN1CCc2ccccc2CC1. The van der Waals surface area contributed by atoms with Crippen molar-refractivity contribution in [1.29, 1.82) is 0 Å². The van der Waals surface area contributed by atoms with Gasteiger partial charge in [0.1, 0.15) is 10.7 Å². The number of anilines is 1. The molecule has 0 radical (unpaired) electrons. The largest absolute Gasteiger partial charge is 0.377 e. The molecule has 2 aromatic rings. The quantitative estimate of drug-likeness (QED) is 0.931. The fraction of sp³-hybridized carbons (Fsp3) is 0.429. The Kier molecular flexibility index (Phi) is 3.75. The lowest BCUT2D eigenvalue weighted by molar-refractivity contribution is 0.276. The lowest BCUT2D eigenvalue weighted by atomic mass is 10.0. The predicted molar refractivity (Wildman–Crippen MR) is 78.6 cm³/mol. The van der Waals surface area contributed by atoms with E-state index in [0.29, 0.717) is 0 Å². The Morgan fingerprint density at radius 1 is 1.21 bits per heavy atom. The zero-order valence-corrected chi connectivity index (χ0v) is 11.9. The molecule has 3 rings (SSSR count). The minimum Gasteiger partial charge on any atom is -0.377 e. The van der Waals surface area contributed by atoms with Gasteiger partial charge in [0.05, 0.1) is 0 Å². The average molecular weight is 274 g/mol. The Morgan fingerprint density at radius 2 is 1.89 bits per heavy atom. The number of nitrogens with zero attached hydrogens (tertiary/aromatic N) is 3. The van der Waals surface area contributed by atoms with Gasteiger partial charge in [-0.15, -0.1) is 5.10 Å². The number of aromatic nitrogens is 2. The van der Waals surface area contributed by atoms with E-state index in [0.717, 1.165) is 43.2 Å². The molecule has 5 heteroatoms. The van der Waals surface area contributed by atoms with Gasteiger partial charge in [-0.1, -0.05) is 28.8 Å². The van der Waals surface area contributed by atoms with Gasteiger partial charge in [0, 0.05) is 38.2 Å². The van der Waals surface area contributed by atoms with E-state index in [1.807, 2.05) is 7.05 Å². The molecule has 0 amide bonds. The molecule has 100 valence electrons. The summed E-state index contributed by atoms with van der Waals surface area (Å²) in [6.45, 7) is 3.08. The van der Waals surface area contributed by atoms with E-state index in [4.69, 9.17) is 0 Å². The van der Waals surface area contributed by atoms with Crippen LogP contribution in [0.25, 0.3) is 0 Å². The van der Waals surface area contributed by atoms with E-state index in [1.165, 1.54) is 22.7 Å². The maximum absolute atomic E-state index is 4.23. The van der Waals surface area contributed by atoms with Crippen molar-refractivity contribution in [2.24, 2.45) is 0 Å². The molecule has 0 unspecified atom stereocenters. The van der Waals surface area contributed by atoms with Gasteiger partial charge >= 0.3 is 0 Å². The first-order valence-electron chi connectivity index (χ1n) is 6.65. The number of fused-ring (bicyclic) bond motifs is 1. The summed E-state index contributed by atoms with van der Waals surface area (Å²) in [6, 6.07) is 8.78. The molecule has 1 aromatic carbocycles. The van der Waals surface area contributed by atoms with Gasteiger partial charge in [-0.05, 0) is 24.0 Å². The van der Waals surface area contributed by atoms with E-state index >= 15 is 0 Å². The van der Waals surface area contributed by atoms with Crippen LogP contribution in [0.5, 0.6) is 0 Å². The van der Waals surface area contributed by atoms with Crippen molar-refractivity contribution in [3.8, 4) is 0 Å². The molecule has 0 saturated carbocycles. The van der Waals surface area contributed by atoms with Crippen LogP contribution >= 0.6 is 11.5 Å². The third-order valence-electron chi connectivity index (χ3n) is 3.67. The van der Waals surface area contributed by atoms with Gasteiger partial charge in [-0.25, -0.2) is 0 Å². The molecule has 0 aliphatic carbocycles. The summed E-state index contributed by atoms with van der Waals surface area (Å²) in [5.41, 5.74) is 4.06. The lowest BCUT2D eigenvalue weighted by Gasteiger charge is -2.18. The molecule has 2 heterocycles. The summed E-state index contributed by atoms with van der Waals surface area (Å²) in [4.78, 5) is 2.47. The molecule has 0 spiro atoms. The first-order valence-corrected chi connectivity index (χ1v) is 7.42. The van der Waals surface area contributed by atoms with E-state index in [9.17, 15) is 0 Å². The Balaban J connectivity index is 1.69. The van der Waals surface area contributed by atoms with Crippen molar-refractivity contribution in [2.75, 3.05) is 25.5 Å². The fourth-order valence-electron chi connectivity index (χ4n) is 2.59. The second kappa shape index (κ2) is 5.67. The van der Waals surface area contributed by atoms with Crippen molar-refractivity contribution >= 4 is 16.5 Å². The molecule has 0 bridgehead atoms. The Hall–Kier alpha value is -1.46. The highest BCUT2D eigenvalue weighted by molar-refractivity contribution is 7.10. The molecule has 1 aliphatic rings. The molecule has 1 N–H and O–H groups in total. The second-order valence-electron chi connectivity index (χ2n) is 4.84. The van der Waals surface area contributed by atoms with Gasteiger partial charge in [0.25, 0.3) is 0 Å². The highest BCUT2D eigenvalue weighted by Gasteiger charge is 2.16. The molecule has 0 fully saturated rings. The maximum atomic E-state index is 4.23. The van der Waals surface area contributed by atoms with E-state index in [1.54, 1.807) is 0 Å². The van der Waals surface area contributed by atoms with E-state index < -0.39 is 0 Å². The van der Waals surface area contributed by atoms with Crippen molar-refractivity contribution in [1.82, 2.24) is 14.5 Å². The molecule has 4 nitrogen and oxygen atoms in total. The van der Waals surface area contributed by atoms with Crippen LogP contribution in [0.2, 0.25) is 0 Å². The smallest absolute Gasteiger partial charge is 0.134 e. The van der Waals surface area contributed by atoms with Gasteiger partial charge in [0.2, 0.25) is 0 Å². The van der Waals surface area contributed by atoms with Crippen molar-refractivity contribution < 1.29 is 0 Å². The summed E-state index contributed by atoms with van der Waals surface area (Å²) in [7, 11) is 1.93. The van der Waals surface area contributed by atoms with Gasteiger partial charge < -0.3 is 5.32 Å². The zero-order valence-electron chi connectivity index (χ0n) is 11.1. The van der Waals surface area contributed by atoms with Crippen LogP contribution < -0.4 is 5.32 Å². The minimum atomic E-state index is 0.890. The molecular formula is C14H18N4S. The van der Waals surface area contributed by atoms with Gasteiger partial charge in [-0.2, -0.15) is 0 Å². The van der Waals surface area contributed by atoms with Crippen LogP contribution in [0.15, 0.2) is 24.3 Å². The predicted octanol–water partition coefficient (Wildman–Crippen LogP) is 2.18. The zero-order chi connectivity index (χ0) is 13.1. The highest BCUT2D eigenvalue weighted by atomic mass is 32.1. The number of benzene rings is 1. The molecular weight excluding hydrogens is 256 g/mol. The highest BCUT2D eigenvalue weighted by Crippen LogP contribution is 2.21. The van der Waals surface area contributed by atoms with Crippen LogP contribution in [-0.4, -0.2) is 34.6 Å². The van der Waals surface area contributed by atoms with Gasteiger partial charge in [0.15, 0.2) is 0 Å². The fourth-order valence-corrected chi connectivity index (χ4v) is 3.11. The first kappa shape index (κ1) is 12.6. The average Bonchev–Trinajstić information content (AvgIpc) is 2.79. The standard InChI is InChI=1S/C14H18N4S/c1-15-14-13(16-17-19-14)10-18-8-6-11-4-2-3-5-12(11)7-9-18/h2-5,15H,6-10H2,1H3. The van der Waals surface area contributed by atoms with Crippen LogP contribution in [0.1, 0.15) is 16.8 Å². The first-order chi connectivity index (χ1) is 9.36. The minimum absolute atomic E-state index is 0.890. The van der Waals surface area contributed by atoms with Crippen LogP contribution in [0.3, 0.4) is 0 Å². The summed E-state index contributed by atoms with van der Waals surface area (Å²) in [5, 5.41) is 8.47. The summed E-state index contributed by atoms with van der Waals surface area (Å²) < 4.78 is 4.02. The molecule has 19 heavy (non-hydrogen) atoms. The topological polar surface area (TPSA) is 41.1 Å². The number of nitrogens with one attached hydrogen (secondary N) is 1. The Morgan fingerprint density at radius 3 is 2.53 bits per heavy atom. The van der Waals surface area contributed by atoms with Crippen LogP contribution in [0, 0.1) is 0 Å². The van der Waals surface area contributed by atoms with Gasteiger partial charge in [-0.3, -0.25) is 4.90 Å². The molecule has 1 aromatic heterocycles.